The number of thioether (sulfide) groups is 1. The van der Waals surface area contributed by atoms with Gasteiger partial charge in [-0.1, -0.05) is 11.8 Å². The molecule has 1 unspecified atom stereocenters. The minimum absolute atomic E-state index is 0.00888. The third kappa shape index (κ3) is 3.85. The molecule has 0 aromatic carbocycles. The third-order valence-corrected chi connectivity index (χ3v) is 8.18. The van der Waals surface area contributed by atoms with E-state index in [0.29, 0.717) is 35.3 Å². The SMILES string of the molecule is CCn1c(SCC(=O)c2cc(C)n(C3CCS(=O)(=O)C3)c2C)nnc1-c1ccco1. The van der Waals surface area contributed by atoms with Gasteiger partial charge in [0.25, 0.3) is 0 Å². The standard InChI is InChI=1S/C20H24N4O4S2/c1-4-23-19(18-6-5-8-28-18)21-22-20(23)29-11-17(25)16-10-13(2)24(14(16)3)15-7-9-30(26,27)12-15/h5-6,8,10,15H,4,7,9,11-12H2,1-3H3. The van der Waals surface area contributed by atoms with Crippen LogP contribution in [-0.4, -0.2) is 50.8 Å². The van der Waals surface area contributed by atoms with Crippen molar-refractivity contribution in [2.45, 2.75) is 44.9 Å². The van der Waals surface area contributed by atoms with Crippen LogP contribution in [0.3, 0.4) is 0 Å². The Morgan fingerprint density at radius 2 is 2.13 bits per heavy atom. The van der Waals surface area contributed by atoms with Crippen LogP contribution in [0.2, 0.25) is 0 Å². The predicted molar refractivity (Wildman–Crippen MR) is 115 cm³/mol. The predicted octanol–water partition coefficient (Wildman–Crippen LogP) is 3.31. The zero-order valence-electron chi connectivity index (χ0n) is 17.2. The highest BCUT2D eigenvalue weighted by Gasteiger charge is 2.31. The van der Waals surface area contributed by atoms with Crippen molar-refractivity contribution in [3.63, 3.8) is 0 Å². The molecule has 160 valence electrons. The highest BCUT2D eigenvalue weighted by molar-refractivity contribution is 7.99. The number of ketones is 1. The highest BCUT2D eigenvalue weighted by atomic mass is 32.2. The second-order valence-electron chi connectivity index (χ2n) is 7.45. The number of sulfone groups is 1. The molecule has 3 aromatic rings. The van der Waals surface area contributed by atoms with E-state index < -0.39 is 9.84 Å². The maximum Gasteiger partial charge on any atom is 0.200 e. The van der Waals surface area contributed by atoms with Crippen molar-refractivity contribution in [2.24, 2.45) is 0 Å². The lowest BCUT2D eigenvalue weighted by atomic mass is 10.2. The zero-order chi connectivity index (χ0) is 21.5. The normalized spacial score (nSPS) is 18.2. The Bertz CT molecular complexity index is 1180. The molecule has 8 nitrogen and oxygen atoms in total. The Kier molecular flexibility index (Phi) is 5.63. The van der Waals surface area contributed by atoms with Gasteiger partial charge in [-0.25, -0.2) is 8.42 Å². The van der Waals surface area contributed by atoms with Crippen molar-refractivity contribution in [3.05, 3.63) is 41.4 Å². The van der Waals surface area contributed by atoms with Crippen molar-refractivity contribution in [1.29, 1.82) is 0 Å². The van der Waals surface area contributed by atoms with E-state index in [2.05, 4.69) is 10.2 Å². The van der Waals surface area contributed by atoms with Gasteiger partial charge in [0.1, 0.15) is 0 Å². The van der Waals surface area contributed by atoms with E-state index in [-0.39, 0.29) is 29.1 Å². The molecule has 1 atom stereocenters. The number of hydrogen-bond acceptors (Lipinski definition) is 7. The van der Waals surface area contributed by atoms with Crippen molar-refractivity contribution < 1.29 is 17.6 Å². The van der Waals surface area contributed by atoms with Gasteiger partial charge in [0.2, 0.25) is 0 Å². The van der Waals surface area contributed by atoms with Gasteiger partial charge in [0.15, 0.2) is 32.4 Å². The van der Waals surface area contributed by atoms with Crippen LogP contribution in [0.5, 0.6) is 0 Å². The number of aryl methyl sites for hydroxylation is 1. The molecule has 10 heteroatoms. The van der Waals surface area contributed by atoms with Gasteiger partial charge in [-0.15, -0.1) is 10.2 Å². The third-order valence-electron chi connectivity index (χ3n) is 5.47. The first-order chi connectivity index (χ1) is 14.3. The molecule has 1 fully saturated rings. The summed E-state index contributed by atoms with van der Waals surface area (Å²) in [5.74, 6) is 1.84. The van der Waals surface area contributed by atoms with Gasteiger partial charge < -0.3 is 8.98 Å². The molecule has 1 saturated heterocycles. The summed E-state index contributed by atoms with van der Waals surface area (Å²) in [6.07, 6.45) is 2.18. The summed E-state index contributed by atoms with van der Waals surface area (Å²) in [4.78, 5) is 13.0. The Morgan fingerprint density at radius 1 is 1.33 bits per heavy atom. The first-order valence-electron chi connectivity index (χ1n) is 9.82. The average Bonchev–Trinajstić information content (AvgIpc) is 3.46. The lowest BCUT2D eigenvalue weighted by Crippen LogP contribution is -2.14. The number of aromatic nitrogens is 4. The molecule has 0 N–H and O–H groups in total. The summed E-state index contributed by atoms with van der Waals surface area (Å²) in [6.45, 7) is 6.46. The van der Waals surface area contributed by atoms with E-state index in [1.807, 2.05) is 42.0 Å². The molecule has 0 bridgehead atoms. The molecular weight excluding hydrogens is 424 g/mol. The molecule has 0 aliphatic carbocycles. The van der Waals surface area contributed by atoms with Gasteiger partial charge >= 0.3 is 0 Å². The molecule has 1 aliphatic heterocycles. The molecule has 0 radical (unpaired) electrons. The van der Waals surface area contributed by atoms with Crippen molar-refractivity contribution >= 4 is 27.4 Å². The van der Waals surface area contributed by atoms with Crippen LogP contribution in [0, 0.1) is 13.8 Å². The van der Waals surface area contributed by atoms with Gasteiger partial charge in [-0.2, -0.15) is 0 Å². The van der Waals surface area contributed by atoms with E-state index in [0.717, 1.165) is 11.4 Å². The summed E-state index contributed by atoms with van der Waals surface area (Å²) in [5.41, 5.74) is 2.38. The van der Waals surface area contributed by atoms with Gasteiger partial charge in [0.05, 0.1) is 23.5 Å². The molecular formula is C20H24N4O4S2. The van der Waals surface area contributed by atoms with E-state index in [9.17, 15) is 13.2 Å². The number of rotatable bonds is 7. The van der Waals surface area contributed by atoms with Gasteiger partial charge in [-0.3, -0.25) is 9.36 Å². The smallest absolute Gasteiger partial charge is 0.200 e. The highest BCUT2D eigenvalue weighted by Crippen LogP contribution is 2.30. The summed E-state index contributed by atoms with van der Waals surface area (Å²) < 4.78 is 33.1. The second kappa shape index (κ2) is 8.07. The van der Waals surface area contributed by atoms with E-state index in [1.54, 1.807) is 12.3 Å². The number of carbonyl (C=O) groups is 1. The van der Waals surface area contributed by atoms with Gasteiger partial charge in [0, 0.05) is 29.5 Å². The first kappa shape index (κ1) is 20.9. The topological polar surface area (TPSA) is 100.0 Å². The number of Topliss-reactive ketones (excluding diaryl/α,β-unsaturated/α-hetero) is 1. The molecule has 0 amide bonds. The lowest BCUT2D eigenvalue weighted by molar-refractivity contribution is 0.102. The molecule has 3 aromatic heterocycles. The van der Waals surface area contributed by atoms with Crippen LogP contribution in [-0.2, 0) is 16.4 Å². The van der Waals surface area contributed by atoms with Crippen LogP contribution in [0.1, 0.15) is 41.1 Å². The van der Waals surface area contributed by atoms with Crippen LogP contribution < -0.4 is 0 Å². The van der Waals surface area contributed by atoms with Crippen LogP contribution in [0.4, 0.5) is 0 Å². The monoisotopic (exact) mass is 448 g/mol. The summed E-state index contributed by atoms with van der Waals surface area (Å²) in [5, 5.41) is 9.09. The van der Waals surface area contributed by atoms with Crippen molar-refractivity contribution in [2.75, 3.05) is 17.3 Å². The summed E-state index contributed by atoms with van der Waals surface area (Å²) in [6, 6.07) is 5.39. The van der Waals surface area contributed by atoms with E-state index in [1.165, 1.54) is 11.8 Å². The fraction of sp³-hybridized carbons (Fsp3) is 0.450. The van der Waals surface area contributed by atoms with Crippen molar-refractivity contribution in [1.82, 2.24) is 19.3 Å². The van der Waals surface area contributed by atoms with Crippen molar-refractivity contribution in [3.8, 4) is 11.6 Å². The molecule has 1 aliphatic rings. The summed E-state index contributed by atoms with van der Waals surface area (Å²) in [7, 11) is -2.99. The maximum absolute atomic E-state index is 13.0. The Balaban J connectivity index is 1.51. The fourth-order valence-corrected chi connectivity index (χ4v) is 6.66. The minimum atomic E-state index is -2.99. The average molecular weight is 449 g/mol. The number of nitrogens with zero attached hydrogens (tertiary/aromatic N) is 4. The zero-order valence-corrected chi connectivity index (χ0v) is 18.8. The Hall–Kier alpha value is -2.33. The van der Waals surface area contributed by atoms with E-state index in [4.69, 9.17) is 4.42 Å². The Labute approximate surface area is 179 Å². The lowest BCUT2D eigenvalue weighted by Gasteiger charge is -2.16. The molecule has 0 spiro atoms. The second-order valence-corrected chi connectivity index (χ2v) is 10.6. The van der Waals surface area contributed by atoms with Crippen LogP contribution >= 0.6 is 11.8 Å². The minimum Gasteiger partial charge on any atom is -0.461 e. The number of furan rings is 1. The fourth-order valence-electron chi connectivity index (χ4n) is 4.08. The molecule has 4 heterocycles. The quantitative estimate of drug-likeness (QED) is 0.404. The van der Waals surface area contributed by atoms with Crippen LogP contribution in [0.25, 0.3) is 11.6 Å². The van der Waals surface area contributed by atoms with Gasteiger partial charge in [-0.05, 0) is 45.4 Å². The first-order valence-corrected chi connectivity index (χ1v) is 12.6. The molecule has 0 saturated carbocycles. The Morgan fingerprint density at radius 3 is 2.77 bits per heavy atom. The molecule has 4 rings (SSSR count). The number of hydrogen-bond donors (Lipinski definition) is 0. The largest absolute Gasteiger partial charge is 0.461 e. The maximum atomic E-state index is 13.0. The summed E-state index contributed by atoms with van der Waals surface area (Å²) >= 11 is 1.34. The van der Waals surface area contributed by atoms with E-state index >= 15 is 0 Å². The number of carbonyl (C=O) groups excluding carboxylic acids is 1. The van der Waals surface area contributed by atoms with Crippen LogP contribution in [0.15, 0.2) is 34.0 Å². The molecule has 30 heavy (non-hydrogen) atoms.